The summed E-state index contributed by atoms with van der Waals surface area (Å²) < 4.78 is 0. The van der Waals surface area contributed by atoms with Gasteiger partial charge in [0.25, 0.3) is 0 Å². The second-order valence-electron chi connectivity index (χ2n) is 3.34. The minimum absolute atomic E-state index is 0.408. The van der Waals surface area contributed by atoms with Gasteiger partial charge in [0.05, 0.1) is 0 Å². The Labute approximate surface area is 67.4 Å². The van der Waals surface area contributed by atoms with Crippen LogP contribution in [0.15, 0.2) is 0 Å². The first-order valence-corrected chi connectivity index (χ1v) is 4.57. The lowest BCUT2D eigenvalue weighted by Gasteiger charge is -2.27. The molecule has 62 valence electrons. The summed E-state index contributed by atoms with van der Waals surface area (Å²) in [6, 6.07) is 0. The minimum atomic E-state index is 0.408. The molecule has 0 rings (SSSR count). The SMILES string of the molecule is CCN(C)CC(C)(P)CC. The summed E-state index contributed by atoms with van der Waals surface area (Å²) in [5, 5.41) is 0.408. The highest BCUT2D eigenvalue weighted by atomic mass is 31.0. The molecule has 0 aromatic carbocycles. The lowest BCUT2D eigenvalue weighted by atomic mass is 10.1. The summed E-state index contributed by atoms with van der Waals surface area (Å²) in [6.45, 7) is 9.02. The smallest absolute Gasteiger partial charge is 0.00666 e. The molecular weight excluding hydrogens is 141 g/mol. The van der Waals surface area contributed by atoms with E-state index in [1.165, 1.54) is 13.0 Å². The zero-order valence-electron chi connectivity index (χ0n) is 7.65. The molecule has 2 heteroatoms. The average molecular weight is 161 g/mol. The Balaban J connectivity index is 3.64. The monoisotopic (exact) mass is 161 g/mol. The van der Waals surface area contributed by atoms with Gasteiger partial charge in [-0.25, -0.2) is 0 Å². The Kier molecular flexibility index (Phi) is 4.47. The lowest BCUT2D eigenvalue weighted by molar-refractivity contribution is 0.313. The van der Waals surface area contributed by atoms with Crippen LogP contribution in [-0.4, -0.2) is 30.2 Å². The Morgan fingerprint density at radius 1 is 1.40 bits per heavy atom. The molecule has 0 aromatic rings. The van der Waals surface area contributed by atoms with Crippen molar-refractivity contribution in [1.82, 2.24) is 4.90 Å². The summed E-state index contributed by atoms with van der Waals surface area (Å²) in [7, 11) is 5.09. The van der Waals surface area contributed by atoms with Crippen LogP contribution in [0, 0.1) is 0 Å². The van der Waals surface area contributed by atoms with Crippen LogP contribution in [0.1, 0.15) is 27.2 Å². The lowest BCUT2D eigenvalue weighted by Crippen LogP contribution is -2.33. The van der Waals surface area contributed by atoms with E-state index in [9.17, 15) is 0 Å². The van der Waals surface area contributed by atoms with Gasteiger partial charge in [-0.05, 0) is 25.2 Å². The third-order valence-corrected chi connectivity index (χ3v) is 2.57. The van der Waals surface area contributed by atoms with Gasteiger partial charge in [-0.15, -0.1) is 9.24 Å². The van der Waals surface area contributed by atoms with Crippen molar-refractivity contribution in [2.75, 3.05) is 20.1 Å². The third-order valence-electron chi connectivity index (χ3n) is 1.98. The average Bonchev–Trinajstić information content (AvgIpc) is 1.87. The number of hydrogen-bond acceptors (Lipinski definition) is 1. The van der Waals surface area contributed by atoms with Gasteiger partial charge in [-0.2, -0.15) is 0 Å². The zero-order valence-corrected chi connectivity index (χ0v) is 8.80. The molecule has 2 unspecified atom stereocenters. The maximum absolute atomic E-state index is 2.92. The molecule has 0 aliphatic carbocycles. The first-order chi connectivity index (χ1) is 4.52. The van der Waals surface area contributed by atoms with E-state index in [4.69, 9.17) is 0 Å². The zero-order chi connectivity index (χ0) is 8.20. The van der Waals surface area contributed by atoms with E-state index < -0.39 is 0 Å². The molecule has 0 aromatic heterocycles. The van der Waals surface area contributed by atoms with Crippen LogP contribution in [0.2, 0.25) is 0 Å². The van der Waals surface area contributed by atoms with Crippen LogP contribution in [0.3, 0.4) is 0 Å². The highest BCUT2D eigenvalue weighted by molar-refractivity contribution is 7.19. The summed E-state index contributed by atoms with van der Waals surface area (Å²) in [6.07, 6.45) is 1.22. The first-order valence-electron chi connectivity index (χ1n) is 3.99. The summed E-state index contributed by atoms with van der Waals surface area (Å²) >= 11 is 0. The Morgan fingerprint density at radius 3 is 2.20 bits per heavy atom. The maximum Gasteiger partial charge on any atom is 0.00666 e. The summed E-state index contributed by atoms with van der Waals surface area (Å²) in [5.41, 5.74) is 0. The van der Waals surface area contributed by atoms with E-state index in [2.05, 4.69) is 42.0 Å². The molecule has 0 heterocycles. The van der Waals surface area contributed by atoms with Crippen molar-refractivity contribution in [2.45, 2.75) is 32.3 Å². The van der Waals surface area contributed by atoms with Crippen LogP contribution in [0.25, 0.3) is 0 Å². The fourth-order valence-electron chi connectivity index (χ4n) is 0.840. The van der Waals surface area contributed by atoms with Gasteiger partial charge in [0, 0.05) is 6.54 Å². The Morgan fingerprint density at radius 2 is 1.90 bits per heavy atom. The highest BCUT2D eigenvalue weighted by Gasteiger charge is 2.16. The Bertz CT molecular complexity index is 91.3. The van der Waals surface area contributed by atoms with Crippen molar-refractivity contribution >= 4 is 9.24 Å². The van der Waals surface area contributed by atoms with E-state index in [-0.39, 0.29) is 0 Å². The molecule has 0 fully saturated rings. The maximum atomic E-state index is 2.92. The van der Waals surface area contributed by atoms with Crippen molar-refractivity contribution in [3.63, 3.8) is 0 Å². The van der Waals surface area contributed by atoms with Crippen LogP contribution >= 0.6 is 9.24 Å². The molecule has 0 aliphatic rings. The molecule has 2 atom stereocenters. The molecule has 0 saturated heterocycles. The van der Waals surface area contributed by atoms with Gasteiger partial charge < -0.3 is 4.90 Å². The standard InChI is InChI=1S/C8H20NP/c1-5-8(3,10)7-9(4)6-2/h5-7,10H2,1-4H3. The first kappa shape index (κ1) is 10.4. The summed E-state index contributed by atoms with van der Waals surface area (Å²) in [4.78, 5) is 2.34. The number of hydrogen-bond donors (Lipinski definition) is 0. The molecule has 0 radical (unpaired) electrons. The summed E-state index contributed by atoms with van der Waals surface area (Å²) in [5.74, 6) is 0. The van der Waals surface area contributed by atoms with Gasteiger partial charge in [0.2, 0.25) is 0 Å². The second-order valence-corrected chi connectivity index (χ2v) is 4.73. The second kappa shape index (κ2) is 4.31. The van der Waals surface area contributed by atoms with Crippen molar-refractivity contribution in [3.05, 3.63) is 0 Å². The van der Waals surface area contributed by atoms with Crippen LogP contribution < -0.4 is 0 Å². The van der Waals surface area contributed by atoms with Gasteiger partial charge in [-0.3, -0.25) is 0 Å². The van der Waals surface area contributed by atoms with E-state index in [0.29, 0.717) is 5.16 Å². The normalized spacial score (nSPS) is 17.4. The molecule has 0 N–H and O–H groups in total. The third kappa shape index (κ3) is 4.24. The molecule has 0 spiro atoms. The van der Waals surface area contributed by atoms with Crippen LogP contribution in [-0.2, 0) is 0 Å². The van der Waals surface area contributed by atoms with E-state index in [0.717, 1.165) is 6.54 Å². The van der Waals surface area contributed by atoms with E-state index in [1.807, 2.05) is 0 Å². The topological polar surface area (TPSA) is 3.24 Å². The molecule has 1 nitrogen and oxygen atoms in total. The van der Waals surface area contributed by atoms with Crippen molar-refractivity contribution in [3.8, 4) is 0 Å². The van der Waals surface area contributed by atoms with Crippen LogP contribution in [0.5, 0.6) is 0 Å². The molecule has 10 heavy (non-hydrogen) atoms. The molecular formula is C8H20NP. The van der Waals surface area contributed by atoms with Gasteiger partial charge in [0.1, 0.15) is 0 Å². The molecule has 0 bridgehead atoms. The fraction of sp³-hybridized carbons (Fsp3) is 1.00. The largest absolute Gasteiger partial charge is 0.306 e. The predicted octanol–water partition coefficient (Wildman–Crippen LogP) is 1.98. The van der Waals surface area contributed by atoms with Crippen molar-refractivity contribution in [1.29, 1.82) is 0 Å². The fourth-order valence-corrected chi connectivity index (χ4v) is 1.15. The number of nitrogens with zero attached hydrogens (tertiary/aromatic N) is 1. The molecule has 0 aliphatic heterocycles. The Hall–Kier alpha value is 0.390. The molecule has 0 amide bonds. The minimum Gasteiger partial charge on any atom is -0.306 e. The van der Waals surface area contributed by atoms with Gasteiger partial charge in [0.15, 0.2) is 0 Å². The number of rotatable bonds is 4. The van der Waals surface area contributed by atoms with Gasteiger partial charge in [-0.1, -0.05) is 20.8 Å². The van der Waals surface area contributed by atoms with Crippen LogP contribution in [0.4, 0.5) is 0 Å². The van der Waals surface area contributed by atoms with E-state index >= 15 is 0 Å². The van der Waals surface area contributed by atoms with Gasteiger partial charge >= 0.3 is 0 Å². The van der Waals surface area contributed by atoms with Crippen molar-refractivity contribution in [2.24, 2.45) is 0 Å². The van der Waals surface area contributed by atoms with E-state index in [1.54, 1.807) is 0 Å². The quantitative estimate of drug-likeness (QED) is 0.570. The molecule has 0 saturated carbocycles. The highest BCUT2D eigenvalue weighted by Crippen LogP contribution is 2.21. The van der Waals surface area contributed by atoms with Crippen molar-refractivity contribution < 1.29 is 0 Å². The predicted molar refractivity (Wildman–Crippen MR) is 51.6 cm³/mol.